The van der Waals surface area contributed by atoms with Crippen molar-refractivity contribution < 1.29 is 4.74 Å². The first-order chi connectivity index (χ1) is 9.85. The Morgan fingerprint density at radius 2 is 1.65 bits per heavy atom. The molecule has 0 aromatic rings. The SMILES string of the molecule is CCNC1CCCCCCC1N1CCC(OCC)CC1. The first-order valence-electron chi connectivity index (χ1n) is 8.94. The summed E-state index contributed by atoms with van der Waals surface area (Å²) in [6, 6.07) is 1.47. The molecule has 0 aromatic heterocycles. The maximum Gasteiger partial charge on any atom is 0.0599 e. The van der Waals surface area contributed by atoms with Crippen molar-refractivity contribution in [3.63, 3.8) is 0 Å². The molecule has 1 N–H and O–H groups in total. The van der Waals surface area contributed by atoms with Gasteiger partial charge in [0.05, 0.1) is 6.10 Å². The average molecular weight is 282 g/mol. The van der Waals surface area contributed by atoms with E-state index in [1.807, 2.05) is 0 Å². The number of ether oxygens (including phenoxy) is 1. The first-order valence-corrected chi connectivity index (χ1v) is 8.94. The van der Waals surface area contributed by atoms with Crippen LogP contribution in [0.2, 0.25) is 0 Å². The van der Waals surface area contributed by atoms with Crippen molar-refractivity contribution in [3.05, 3.63) is 0 Å². The number of likely N-dealkylation sites (N-methyl/N-ethyl adjacent to an activating group) is 1. The van der Waals surface area contributed by atoms with E-state index < -0.39 is 0 Å². The second-order valence-electron chi connectivity index (χ2n) is 6.41. The van der Waals surface area contributed by atoms with E-state index in [4.69, 9.17) is 4.74 Å². The van der Waals surface area contributed by atoms with E-state index in [0.717, 1.165) is 19.2 Å². The van der Waals surface area contributed by atoms with Crippen molar-refractivity contribution >= 4 is 0 Å². The minimum atomic E-state index is 0.516. The molecule has 1 saturated carbocycles. The topological polar surface area (TPSA) is 24.5 Å². The summed E-state index contributed by atoms with van der Waals surface area (Å²) >= 11 is 0. The molecule has 2 fully saturated rings. The van der Waals surface area contributed by atoms with Gasteiger partial charge in [-0.3, -0.25) is 4.90 Å². The summed E-state index contributed by atoms with van der Waals surface area (Å²) in [4.78, 5) is 2.76. The van der Waals surface area contributed by atoms with Gasteiger partial charge in [0.25, 0.3) is 0 Å². The molecule has 1 aliphatic carbocycles. The Hall–Kier alpha value is -0.120. The molecular weight excluding hydrogens is 248 g/mol. The van der Waals surface area contributed by atoms with Crippen molar-refractivity contribution in [2.75, 3.05) is 26.2 Å². The summed E-state index contributed by atoms with van der Waals surface area (Å²) in [7, 11) is 0. The number of likely N-dealkylation sites (tertiary alicyclic amines) is 1. The van der Waals surface area contributed by atoms with Crippen LogP contribution in [0, 0.1) is 0 Å². The van der Waals surface area contributed by atoms with Gasteiger partial charge < -0.3 is 10.1 Å². The third-order valence-corrected chi connectivity index (χ3v) is 5.04. The molecule has 118 valence electrons. The van der Waals surface area contributed by atoms with Crippen molar-refractivity contribution in [1.82, 2.24) is 10.2 Å². The molecule has 0 aromatic carbocycles. The number of rotatable bonds is 5. The number of piperidine rings is 1. The lowest BCUT2D eigenvalue weighted by atomic mass is 9.89. The van der Waals surface area contributed by atoms with Gasteiger partial charge in [0, 0.05) is 31.8 Å². The third kappa shape index (κ3) is 4.71. The molecule has 0 spiro atoms. The zero-order chi connectivity index (χ0) is 14.2. The summed E-state index contributed by atoms with van der Waals surface area (Å²) in [6.45, 7) is 8.80. The van der Waals surface area contributed by atoms with Gasteiger partial charge in [0.2, 0.25) is 0 Å². The lowest BCUT2D eigenvalue weighted by Gasteiger charge is -2.42. The molecule has 1 aliphatic heterocycles. The minimum Gasteiger partial charge on any atom is -0.378 e. The van der Waals surface area contributed by atoms with Crippen LogP contribution in [-0.4, -0.2) is 49.3 Å². The molecule has 3 nitrogen and oxygen atoms in total. The van der Waals surface area contributed by atoms with E-state index in [1.54, 1.807) is 0 Å². The van der Waals surface area contributed by atoms with Crippen molar-refractivity contribution in [2.24, 2.45) is 0 Å². The minimum absolute atomic E-state index is 0.516. The maximum absolute atomic E-state index is 5.80. The molecule has 2 unspecified atom stereocenters. The van der Waals surface area contributed by atoms with Crippen molar-refractivity contribution in [3.8, 4) is 0 Å². The molecular formula is C17H34N2O. The number of hydrogen-bond donors (Lipinski definition) is 1. The highest BCUT2D eigenvalue weighted by molar-refractivity contribution is 4.88. The van der Waals surface area contributed by atoms with Crippen molar-refractivity contribution in [2.45, 2.75) is 83.4 Å². The van der Waals surface area contributed by atoms with E-state index in [-0.39, 0.29) is 0 Å². The zero-order valence-corrected chi connectivity index (χ0v) is 13.6. The normalized spacial score (nSPS) is 30.9. The van der Waals surface area contributed by atoms with Crippen LogP contribution in [0.4, 0.5) is 0 Å². The van der Waals surface area contributed by atoms with Gasteiger partial charge in [-0.1, -0.05) is 32.6 Å². The second kappa shape index (κ2) is 9.01. The van der Waals surface area contributed by atoms with Crippen LogP contribution in [0.15, 0.2) is 0 Å². The van der Waals surface area contributed by atoms with Crippen LogP contribution < -0.4 is 5.32 Å². The van der Waals surface area contributed by atoms with Gasteiger partial charge >= 0.3 is 0 Å². The van der Waals surface area contributed by atoms with Crippen LogP contribution in [0.25, 0.3) is 0 Å². The molecule has 2 aliphatic rings. The molecule has 2 atom stereocenters. The Morgan fingerprint density at radius 3 is 2.30 bits per heavy atom. The zero-order valence-electron chi connectivity index (χ0n) is 13.6. The smallest absolute Gasteiger partial charge is 0.0599 e. The van der Waals surface area contributed by atoms with Crippen LogP contribution in [0.3, 0.4) is 0 Å². The molecule has 1 saturated heterocycles. The van der Waals surface area contributed by atoms with E-state index in [2.05, 4.69) is 24.1 Å². The molecule has 0 radical (unpaired) electrons. The Kier molecular flexibility index (Phi) is 7.32. The van der Waals surface area contributed by atoms with Gasteiger partial charge in [-0.2, -0.15) is 0 Å². The van der Waals surface area contributed by atoms with Gasteiger partial charge in [-0.25, -0.2) is 0 Å². The van der Waals surface area contributed by atoms with E-state index >= 15 is 0 Å². The fraction of sp³-hybridized carbons (Fsp3) is 1.00. The molecule has 0 amide bonds. The van der Waals surface area contributed by atoms with Crippen LogP contribution in [-0.2, 0) is 4.74 Å². The largest absolute Gasteiger partial charge is 0.378 e. The summed E-state index contributed by atoms with van der Waals surface area (Å²) in [6.07, 6.45) is 11.4. The van der Waals surface area contributed by atoms with Crippen LogP contribution in [0.1, 0.15) is 65.2 Å². The van der Waals surface area contributed by atoms with Gasteiger partial charge in [-0.15, -0.1) is 0 Å². The fourth-order valence-electron chi connectivity index (χ4n) is 4.01. The molecule has 0 bridgehead atoms. The number of hydrogen-bond acceptors (Lipinski definition) is 3. The first kappa shape index (κ1) is 16.3. The summed E-state index contributed by atoms with van der Waals surface area (Å²) < 4.78 is 5.80. The second-order valence-corrected chi connectivity index (χ2v) is 6.41. The molecule has 1 heterocycles. The summed E-state index contributed by atoms with van der Waals surface area (Å²) in [5.74, 6) is 0. The van der Waals surface area contributed by atoms with Gasteiger partial charge in [0.15, 0.2) is 0 Å². The van der Waals surface area contributed by atoms with Gasteiger partial charge in [0.1, 0.15) is 0 Å². The summed E-state index contributed by atoms with van der Waals surface area (Å²) in [5, 5.41) is 3.76. The molecule has 20 heavy (non-hydrogen) atoms. The number of nitrogens with zero attached hydrogens (tertiary/aromatic N) is 1. The van der Waals surface area contributed by atoms with Crippen LogP contribution in [0.5, 0.6) is 0 Å². The van der Waals surface area contributed by atoms with Crippen molar-refractivity contribution in [1.29, 1.82) is 0 Å². The predicted octanol–water partition coefficient (Wildman–Crippen LogP) is 3.19. The summed E-state index contributed by atoms with van der Waals surface area (Å²) in [5.41, 5.74) is 0. The Bertz CT molecular complexity index is 251. The lowest BCUT2D eigenvalue weighted by molar-refractivity contribution is -0.00342. The van der Waals surface area contributed by atoms with Crippen LogP contribution >= 0.6 is 0 Å². The highest BCUT2D eigenvalue weighted by atomic mass is 16.5. The molecule has 3 heteroatoms. The average Bonchev–Trinajstić information content (AvgIpc) is 2.44. The van der Waals surface area contributed by atoms with Gasteiger partial charge in [-0.05, 0) is 39.2 Å². The third-order valence-electron chi connectivity index (χ3n) is 5.04. The lowest BCUT2D eigenvalue weighted by Crippen LogP contribution is -2.53. The number of nitrogens with one attached hydrogen (secondary N) is 1. The van der Waals surface area contributed by atoms with E-state index in [0.29, 0.717) is 12.1 Å². The Balaban J connectivity index is 1.89. The van der Waals surface area contributed by atoms with E-state index in [1.165, 1.54) is 64.5 Å². The van der Waals surface area contributed by atoms with E-state index in [9.17, 15) is 0 Å². The quantitative estimate of drug-likeness (QED) is 0.838. The Labute approximate surface area is 125 Å². The monoisotopic (exact) mass is 282 g/mol. The standard InChI is InChI=1S/C17H34N2O/c1-3-18-16-9-7-5-6-8-10-17(16)19-13-11-15(12-14-19)20-4-2/h15-18H,3-14H2,1-2H3. The fourth-order valence-corrected chi connectivity index (χ4v) is 4.01. The maximum atomic E-state index is 5.80. The predicted molar refractivity (Wildman–Crippen MR) is 85.2 cm³/mol. The Morgan fingerprint density at radius 1 is 0.950 bits per heavy atom. The highest BCUT2D eigenvalue weighted by Crippen LogP contribution is 2.25. The molecule has 2 rings (SSSR count). The highest BCUT2D eigenvalue weighted by Gasteiger charge is 2.30.